The molecule has 0 saturated carbocycles. The fraction of sp³-hybridized carbons (Fsp3) is 0.423. The van der Waals surface area contributed by atoms with Crippen LogP contribution >= 0.6 is 8.18 Å². The highest BCUT2D eigenvalue weighted by Gasteiger charge is 2.65. The molecule has 3 N–H and O–H groups in total. The molecule has 2 heterocycles. The van der Waals surface area contributed by atoms with E-state index in [1.807, 2.05) is 4.98 Å². The van der Waals surface area contributed by atoms with Gasteiger partial charge in [-0.25, -0.2) is 18.1 Å². The minimum Gasteiger partial charge on any atom is -0.487 e. The van der Waals surface area contributed by atoms with Crippen molar-refractivity contribution in [3.63, 3.8) is 0 Å². The second kappa shape index (κ2) is 11.6. The number of aliphatic hydroxyl groups is 1. The molecule has 6 atom stereocenters. The van der Waals surface area contributed by atoms with Gasteiger partial charge in [-0.1, -0.05) is 29.4 Å². The van der Waals surface area contributed by atoms with Crippen LogP contribution in [-0.4, -0.2) is 57.0 Å². The van der Waals surface area contributed by atoms with Gasteiger partial charge in [0, 0.05) is 27.6 Å². The predicted octanol–water partition coefficient (Wildman–Crippen LogP) is 3.02. The standard InChI is InChI=1S/C26H28F2N3O9P/c1-14(2)38-21(33)15(3)30-41(36)40-19-10-6-7-16-17(19)8-5-9-18(16)37-13-26(28)22(34)25(4,27)23(39-26)31-12-11-20(32)29-24(31)35/h5-12,14-15,22-23,34H,13H2,1-4H3,(H-,29,30,32,35,36)/p+1/t15-,22-,23+,25+,26+/m0/s1. The number of ether oxygens (including phenoxy) is 3. The summed E-state index contributed by atoms with van der Waals surface area (Å²) >= 11 is 0. The Hall–Kier alpha value is -3.71. The van der Waals surface area contributed by atoms with E-state index in [1.54, 1.807) is 38.1 Å². The summed E-state index contributed by atoms with van der Waals surface area (Å²) in [7, 11) is -2.56. The number of hydrogen-bond donors (Lipinski definition) is 3. The number of halogens is 2. The van der Waals surface area contributed by atoms with E-state index in [4.69, 9.17) is 18.7 Å². The first-order valence-corrected chi connectivity index (χ1v) is 13.7. The average molecular weight is 597 g/mol. The van der Waals surface area contributed by atoms with Crippen LogP contribution in [0.4, 0.5) is 8.78 Å². The zero-order valence-electron chi connectivity index (χ0n) is 22.5. The van der Waals surface area contributed by atoms with Crippen molar-refractivity contribution in [2.24, 2.45) is 0 Å². The number of benzene rings is 2. The molecule has 12 nitrogen and oxygen atoms in total. The summed E-state index contributed by atoms with van der Waals surface area (Å²) in [5, 5.41) is 13.9. The number of carbonyl (C=O) groups excluding carboxylic acids is 1. The Bertz CT molecular complexity index is 1580. The van der Waals surface area contributed by atoms with Gasteiger partial charge in [-0.15, -0.1) is 0 Å². The summed E-state index contributed by atoms with van der Waals surface area (Å²) in [6, 6.07) is 9.38. The van der Waals surface area contributed by atoms with Gasteiger partial charge in [0.15, 0.2) is 23.8 Å². The molecule has 3 aromatic rings. The molecule has 0 aliphatic carbocycles. The Kier molecular flexibility index (Phi) is 8.59. The molecular weight excluding hydrogens is 567 g/mol. The molecular formula is C26H29F2N3O9P+. The third kappa shape index (κ3) is 6.30. The van der Waals surface area contributed by atoms with E-state index in [0.717, 1.165) is 19.2 Å². The SMILES string of the molecule is CC(C)OC(=O)[C@H](C)N[P+](=O)Oc1cccc2c(OC[C@@]3(F)O[C@@H](n4ccc(=O)[nH]c4=O)[C@](C)(F)[C@@H]3O)cccc12. The van der Waals surface area contributed by atoms with Crippen LogP contribution in [-0.2, 0) is 18.8 Å². The Labute approximate surface area is 233 Å². The quantitative estimate of drug-likeness (QED) is 0.235. The monoisotopic (exact) mass is 596 g/mol. The smallest absolute Gasteiger partial charge is 0.487 e. The van der Waals surface area contributed by atoms with Gasteiger partial charge < -0.3 is 19.3 Å². The summed E-state index contributed by atoms with van der Waals surface area (Å²) < 4.78 is 65.9. The molecule has 0 radical (unpaired) electrons. The van der Waals surface area contributed by atoms with Crippen LogP contribution in [0.1, 0.15) is 33.9 Å². The molecule has 1 unspecified atom stereocenters. The summed E-state index contributed by atoms with van der Waals surface area (Å²) in [6.45, 7) is 4.73. The maximum absolute atomic E-state index is 15.8. The Balaban J connectivity index is 1.52. The largest absolute Gasteiger partial charge is 0.664 e. The van der Waals surface area contributed by atoms with E-state index >= 15 is 8.78 Å². The maximum atomic E-state index is 15.8. The molecule has 15 heteroatoms. The number of nitrogens with one attached hydrogen (secondary N) is 2. The van der Waals surface area contributed by atoms with Gasteiger partial charge >= 0.3 is 19.8 Å². The van der Waals surface area contributed by atoms with E-state index in [2.05, 4.69) is 5.09 Å². The topological polar surface area (TPSA) is 158 Å². The number of fused-ring (bicyclic) bond motifs is 1. The molecule has 220 valence electrons. The lowest BCUT2D eigenvalue weighted by molar-refractivity contribution is -0.202. The van der Waals surface area contributed by atoms with Gasteiger partial charge in [-0.05, 0) is 39.8 Å². The highest BCUT2D eigenvalue weighted by molar-refractivity contribution is 7.37. The number of aromatic nitrogens is 2. The van der Waals surface area contributed by atoms with Gasteiger partial charge in [-0.3, -0.25) is 19.1 Å². The second-order valence-electron chi connectivity index (χ2n) is 9.91. The van der Waals surface area contributed by atoms with Gasteiger partial charge in [0.1, 0.15) is 18.4 Å². The van der Waals surface area contributed by atoms with Crippen molar-refractivity contribution in [2.45, 2.75) is 63.7 Å². The number of carbonyl (C=O) groups is 1. The number of esters is 1. The molecule has 1 fully saturated rings. The Morgan fingerprint density at radius 3 is 2.41 bits per heavy atom. The molecule has 2 aromatic carbocycles. The third-order valence-corrected chi connectivity index (χ3v) is 7.25. The first kappa shape index (κ1) is 30.3. The Morgan fingerprint density at radius 1 is 1.15 bits per heavy atom. The maximum Gasteiger partial charge on any atom is 0.664 e. The lowest BCUT2D eigenvalue weighted by Crippen LogP contribution is -2.48. The van der Waals surface area contributed by atoms with E-state index in [1.165, 1.54) is 19.1 Å². The second-order valence-corrected chi connectivity index (χ2v) is 10.9. The van der Waals surface area contributed by atoms with Crippen LogP contribution in [0.5, 0.6) is 11.5 Å². The number of H-pyrrole nitrogens is 1. The fourth-order valence-corrected chi connectivity index (χ4v) is 5.08. The molecule has 0 spiro atoms. The summed E-state index contributed by atoms with van der Waals surface area (Å²) in [5.41, 5.74) is -4.58. The van der Waals surface area contributed by atoms with Crippen molar-refractivity contribution in [1.82, 2.24) is 14.6 Å². The molecule has 1 aliphatic rings. The first-order valence-electron chi connectivity index (χ1n) is 12.5. The lowest BCUT2D eigenvalue weighted by Gasteiger charge is -2.25. The lowest BCUT2D eigenvalue weighted by atomic mass is 9.97. The van der Waals surface area contributed by atoms with Gasteiger partial charge in [0.05, 0.1) is 6.10 Å². The van der Waals surface area contributed by atoms with Crippen LogP contribution < -0.4 is 25.6 Å². The average Bonchev–Trinajstić information content (AvgIpc) is 3.07. The zero-order valence-corrected chi connectivity index (χ0v) is 23.4. The highest BCUT2D eigenvalue weighted by atomic mass is 31.1. The summed E-state index contributed by atoms with van der Waals surface area (Å²) in [6.07, 6.45) is -3.69. The first-order chi connectivity index (χ1) is 19.2. The molecule has 1 aromatic heterocycles. The molecule has 1 aliphatic heterocycles. The number of nitrogens with zero attached hydrogens (tertiary/aromatic N) is 1. The Morgan fingerprint density at radius 2 is 1.78 bits per heavy atom. The minimum atomic E-state index is -3.09. The van der Waals surface area contributed by atoms with Crippen molar-refractivity contribution >= 4 is 24.9 Å². The summed E-state index contributed by atoms with van der Waals surface area (Å²) in [5.74, 6) is -3.43. The van der Waals surface area contributed by atoms with Crippen LogP contribution in [0.2, 0.25) is 0 Å². The van der Waals surface area contributed by atoms with Crippen LogP contribution in [0.25, 0.3) is 10.8 Å². The van der Waals surface area contributed by atoms with Crippen molar-refractivity contribution in [2.75, 3.05) is 6.61 Å². The van der Waals surface area contributed by atoms with E-state index in [9.17, 15) is 24.1 Å². The van der Waals surface area contributed by atoms with Crippen LogP contribution in [0, 0.1) is 0 Å². The van der Waals surface area contributed by atoms with Crippen molar-refractivity contribution in [3.8, 4) is 11.5 Å². The van der Waals surface area contributed by atoms with Crippen molar-refractivity contribution in [3.05, 3.63) is 69.5 Å². The van der Waals surface area contributed by atoms with Crippen LogP contribution in [0.3, 0.4) is 0 Å². The number of hydrogen-bond acceptors (Lipinski definition) is 9. The zero-order chi connectivity index (χ0) is 30.1. The van der Waals surface area contributed by atoms with E-state index in [0.29, 0.717) is 15.3 Å². The van der Waals surface area contributed by atoms with Gasteiger partial charge in [0.2, 0.25) is 0 Å². The molecule has 0 amide bonds. The summed E-state index contributed by atoms with van der Waals surface area (Å²) in [4.78, 5) is 37.5. The van der Waals surface area contributed by atoms with Gasteiger partial charge in [0.25, 0.3) is 11.4 Å². The highest BCUT2D eigenvalue weighted by Crippen LogP contribution is 2.47. The van der Waals surface area contributed by atoms with Crippen molar-refractivity contribution in [1.29, 1.82) is 0 Å². The van der Waals surface area contributed by atoms with Crippen molar-refractivity contribution < 1.29 is 42.0 Å². The number of rotatable bonds is 10. The molecule has 0 bridgehead atoms. The minimum absolute atomic E-state index is 0.100. The molecule has 4 rings (SSSR count). The molecule has 41 heavy (non-hydrogen) atoms. The van der Waals surface area contributed by atoms with E-state index in [-0.39, 0.29) is 17.6 Å². The fourth-order valence-electron chi connectivity index (χ4n) is 4.27. The molecule has 1 saturated heterocycles. The third-order valence-electron chi connectivity index (χ3n) is 6.29. The number of alkyl halides is 2. The normalized spacial score (nSPS) is 25.2. The van der Waals surface area contributed by atoms with E-state index < -0.39 is 61.9 Å². The number of aliphatic hydroxyl groups excluding tert-OH is 1. The predicted molar refractivity (Wildman–Crippen MR) is 142 cm³/mol. The van der Waals surface area contributed by atoms with Crippen LogP contribution in [0.15, 0.2) is 58.3 Å². The number of aromatic amines is 1. The van der Waals surface area contributed by atoms with Gasteiger partial charge in [-0.2, -0.15) is 0 Å².